The van der Waals surface area contributed by atoms with Crippen LogP contribution in [0.2, 0.25) is 0 Å². The number of unbranched alkanes of at least 4 members (excludes halogenated alkanes) is 1. The summed E-state index contributed by atoms with van der Waals surface area (Å²) < 4.78 is 31.7. The van der Waals surface area contributed by atoms with Crippen LogP contribution in [0.1, 0.15) is 19.8 Å². The number of carboxylic acid groups (broad SMARTS) is 1. The Morgan fingerprint density at radius 2 is 1.71 bits per heavy atom. The summed E-state index contributed by atoms with van der Waals surface area (Å²) in [6.07, 6.45) is -2.45. The van der Waals surface area contributed by atoms with Gasteiger partial charge >= 0.3 is 12.1 Å². The molecule has 0 unspecified atom stereocenters. The zero-order valence-corrected chi connectivity index (χ0v) is 8.56. The molecule has 0 rings (SSSR count). The molecule has 0 aromatic heterocycles. The normalized spacial score (nSPS) is 10.8. The van der Waals surface area contributed by atoms with E-state index in [4.69, 9.17) is 9.90 Å². The number of halogens is 3. The largest absolute Gasteiger partial charge is 0.490 e. The van der Waals surface area contributed by atoms with Crippen molar-refractivity contribution in [2.75, 3.05) is 20.6 Å². The zero-order valence-electron chi connectivity index (χ0n) is 8.56. The first-order valence-electron chi connectivity index (χ1n) is 4.16. The van der Waals surface area contributed by atoms with Crippen molar-refractivity contribution in [2.45, 2.75) is 25.9 Å². The monoisotopic (exact) mass is 215 g/mol. The third kappa shape index (κ3) is 13.8. The van der Waals surface area contributed by atoms with Crippen molar-refractivity contribution < 1.29 is 23.1 Å². The van der Waals surface area contributed by atoms with E-state index in [1.165, 1.54) is 19.4 Å². The first kappa shape index (κ1) is 15.7. The van der Waals surface area contributed by atoms with Gasteiger partial charge in [0.05, 0.1) is 0 Å². The Balaban J connectivity index is 0. The van der Waals surface area contributed by atoms with Crippen LogP contribution < -0.4 is 0 Å². The molecule has 0 atom stereocenters. The molecule has 0 saturated heterocycles. The molecule has 1 N–H and O–H groups in total. The second-order valence-corrected chi connectivity index (χ2v) is 2.96. The van der Waals surface area contributed by atoms with Crippen LogP contribution in [0.15, 0.2) is 0 Å². The van der Waals surface area contributed by atoms with Gasteiger partial charge in [-0.25, -0.2) is 4.79 Å². The molecule has 0 saturated carbocycles. The Labute approximate surface area is 81.5 Å². The lowest BCUT2D eigenvalue weighted by atomic mass is 10.3. The summed E-state index contributed by atoms with van der Waals surface area (Å²) in [5.74, 6) is -2.76. The maximum absolute atomic E-state index is 10.6. The van der Waals surface area contributed by atoms with E-state index >= 15 is 0 Å². The SMILES string of the molecule is CCCCN(C)C.O=C(O)C(F)(F)F. The molecule has 0 amide bonds. The highest BCUT2D eigenvalue weighted by Gasteiger charge is 2.38. The molecule has 0 aromatic rings. The van der Waals surface area contributed by atoms with E-state index in [9.17, 15) is 13.2 Å². The van der Waals surface area contributed by atoms with Crippen LogP contribution in [0.4, 0.5) is 13.2 Å². The first-order valence-corrected chi connectivity index (χ1v) is 4.16. The summed E-state index contributed by atoms with van der Waals surface area (Å²) in [6, 6.07) is 0. The molecule has 0 radical (unpaired) electrons. The van der Waals surface area contributed by atoms with Gasteiger partial charge in [0.2, 0.25) is 0 Å². The maximum Gasteiger partial charge on any atom is 0.490 e. The van der Waals surface area contributed by atoms with E-state index < -0.39 is 12.1 Å². The molecule has 3 nitrogen and oxygen atoms in total. The van der Waals surface area contributed by atoms with Gasteiger partial charge in [0.25, 0.3) is 0 Å². The first-order chi connectivity index (χ1) is 6.21. The minimum Gasteiger partial charge on any atom is -0.475 e. The number of hydrogen-bond donors (Lipinski definition) is 1. The molecule has 0 aliphatic heterocycles. The number of rotatable bonds is 3. The lowest BCUT2D eigenvalue weighted by Gasteiger charge is -2.05. The highest BCUT2D eigenvalue weighted by molar-refractivity contribution is 5.73. The molecule has 86 valence electrons. The predicted octanol–water partition coefficient (Wildman–Crippen LogP) is 1.98. The molecule has 0 aromatic carbocycles. The van der Waals surface area contributed by atoms with Crippen LogP contribution >= 0.6 is 0 Å². The topological polar surface area (TPSA) is 40.5 Å². The van der Waals surface area contributed by atoms with Crippen LogP contribution in [0.25, 0.3) is 0 Å². The number of carbonyl (C=O) groups is 1. The Hall–Kier alpha value is -0.780. The maximum atomic E-state index is 10.6. The van der Waals surface area contributed by atoms with Crippen LogP contribution in [0.3, 0.4) is 0 Å². The van der Waals surface area contributed by atoms with Crippen LogP contribution in [-0.4, -0.2) is 42.8 Å². The number of carboxylic acids is 1. The standard InChI is InChI=1S/C6H15N.C2HF3O2/c1-4-5-6-7(2)3;3-2(4,5)1(6)7/h4-6H2,1-3H3;(H,6,7). The molecule has 14 heavy (non-hydrogen) atoms. The molecule has 0 aliphatic carbocycles. The molecule has 0 heterocycles. The van der Waals surface area contributed by atoms with E-state index in [-0.39, 0.29) is 0 Å². The smallest absolute Gasteiger partial charge is 0.475 e. The summed E-state index contributed by atoms with van der Waals surface area (Å²) in [7, 11) is 4.21. The summed E-state index contributed by atoms with van der Waals surface area (Å²) in [5.41, 5.74) is 0. The van der Waals surface area contributed by atoms with E-state index in [0.717, 1.165) is 0 Å². The second-order valence-electron chi connectivity index (χ2n) is 2.96. The van der Waals surface area contributed by atoms with Crippen molar-refractivity contribution in [3.8, 4) is 0 Å². The average molecular weight is 215 g/mol. The summed E-state index contributed by atoms with van der Waals surface area (Å²) in [4.78, 5) is 11.1. The minimum absolute atomic E-state index is 1.23. The summed E-state index contributed by atoms with van der Waals surface area (Å²) in [5, 5.41) is 7.12. The van der Waals surface area contributed by atoms with Gasteiger partial charge in [-0.2, -0.15) is 13.2 Å². The average Bonchev–Trinajstić information content (AvgIpc) is 2.00. The van der Waals surface area contributed by atoms with Gasteiger partial charge in [-0.05, 0) is 27.1 Å². The van der Waals surface area contributed by atoms with Gasteiger partial charge in [0.1, 0.15) is 0 Å². The molecular formula is C8H16F3NO2. The highest BCUT2D eigenvalue weighted by atomic mass is 19.4. The number of nitrogens with zero attached hydrogens (tertiary/aromatic N) is 1. The van der Waals surface area contributed by atoms with Crippen LogP contribution in [0, 0.1) is 0 Å². The number of alkyl halides is 3. The fourth-order valence-corrected chi connectivity index (χ4v) is 0.474. The fourth-order valence-electron chi connectivity index (χ4n) is 0.474. The van der Waals surface area contributed by atoms with E-state index in [1.807, 2.05) is 0 Å². The summed E-state index contributed by atoms with van der Waals surface area (Å²) >= 11 is 0. The van der Waals surface area contributed by atoms with Gasteiger partial charge in [-0.3, -0.25) is 0 Å². The lowest BCUT2D eigenvalue weighted by Crippen LogP contribution is -2.21. The Bertz CT molecular complexity index is 157. The van der Waals surface area contributed by atoms with Gasteiger partial charge in [0.15, 0.2) is 0 Å². The zero-order chi connectivity index (χ0) is 11.8. The van der Waals surface area contributed by atoms with E-state index in [2.05, 4.69) is 25.9 Å². The van der Waals surface area contributed by atoms with Crippen molar-refractivity contribution in [3.05, 3.63) is 0 Å². The molecule has 6 heteroatoms. The second kappa shape index (κ2) is 7.61. The number of aliphatic carboxylic acids is 1. The molecule has 0 aliphatic rings. The summed E-state index contributed by atoms with van der Waals surface area (Å²) in [6.45, 7) is 3.44. The third-order valence-corrected chi connectivity index (χ3v) is 1.20. The molecule has 0 bridgehead atoms. The Kier molecular flexibility index (Phi) is 8.52. The third-order valence-electron chi connectivity index (χ3n) is 1.20. The quantitative estimate of drug-likeness (QED) is 0.782. The van der Waals surface area contributed by atoms with Gasteiger partial charge in [0, 0.05) is 0 Å². The van der Waals surface area contributed by atoms with Gasteiger partial charge < -0.3 is 10.0 Å². The number of hydrogen-bond acceptors (Lipinski definition) is 2. The molecule has 0 spiro atoms. The van der Waals surface area contributed by atoms with Gasteiger partial charge in [-0.15, -0.1) is 0 Å². The predicted molar refractivity (Wildman–Crippen MR) is 47.2 cm³/mol. The highest BCUT2D eigenvalue weighted by Crippen LogP contribution is 2.13. The van der Waals surface area contributed by atoms with E-state index in [1.54, 1.807) is 0 Å². The van der Waals surface area contributed by atoms with Crippen molar-refractivity contribution >= 4 is 5.97 Å². The van der Waals surface area contributed by atoms with Crippen molar-refractivity contribution in [2.24, 2.45) is 0 Å². The van der Waals surface area contributed by atoms with Crippen molar-refractivity contribution in [1.29, 1.82) is 0 Å². The van der Waals surface area contributed by atoms with Crippen LogP contribution in [0.5, 0.6) is 0 Å². The van der Waals surface area contributed by atoms with Crippen LogP contribution in [-0.2, 0) is 4.79 Å². The van der Waals surface area contributed by atoms with Crippen molar-refractivity contribution in [3.63, 3.8) is 0 Å². The van der Waals surface area contributed by atoms with E-state index in [0.29, 0.717) is 0 Å². The molecular weight excluding hydrogens is 199 g/mol. The fraction of sp³-hybridized carbons (Fsp3) is 0.875. The van der Waals surface area contributed by atoms with Crippen molar-refractivity contribution in [1.82, 2.24) is 4.90 Å². The Morgan fingerprint density at radius 1 is 1.36 bits per heavy atom. The van der Waals surface area contributed by atoms with Gasteiger partial charge in [-0.1, -0.05) is 13.3 Å². The Morgan fingerprint density at radius 3 is 1.79 bits per heavy atom. The lowest BCUT2D eigenvalue weighted by molar-refractivity contribution is -0.192. The molecule has 0 fully saturated rings. The minimum atomic E-state index is -5.08.